The Morgan fingerprint density at radius 3 is 2.25 bits per heavy atom. The minimum atomic E-state index is -1.21. The van der Waals surface area contributed by atoms with Gasteiger partial charge in [-0.2, -0.15) is 0 Å². The van der Waals surface area contributed by atoms with E-state index in [-0.39, 0.29) is 0 Å². The van der Waals surface area contributed by atoms with Gasteiger partial charge in [0.2, 0.25) is 0 Å². The maximum Gasteiger partial charge on any atom is 0.514 e. The highest BCUT2D eigenvalue weighted by molar-refractivity contribution is 6.81. The summed E-state index contributed by atoms with van der Waals surface area (Å²) < 4.78 is 10.4. The molecule has 128 valence electrons. The average Bonchev–Trinajstić information content (AvgIpc) is 2.42. The van der Waals surface area contributed by atoms with Crippen molar-refractivity contribution in [2.45, 2.75) is 46.0 Å². The average molecular weight is 343 g/mol. The van der Waals surface area contributed by atoms with Crippen molar-refractivity contribution in [3.8, 4) is 5.75 Å². The summed E-state index contributed by atoms with van der Waals surface area (Å²) in [5, 5.41) is 2.14. The van der Waals surface area contributed by atoms with Crippen LogP contribution in [-0.2, 0) is 4.74 Å². The lowest BCUT2D eigenvalue weighted by molar-refractivity contribution is 0.0206. The molecule has 0 atom stereocenters. The van der Waals surface area contributed by atoms with E-state index in [4.69, 9.17) is 9.47 Å². The first-order valence-electron chi connectivity index (χ1n) is 8.16. The summed E-state index contributed by atoms with van der Waals surface area (Å²) in [6, 6.07) is 11.9. The third-order valence-corrected chi connectivity index (χ3v) is 4.37. The second-order valence-corrected chi connectivity index (χ2v) is 13.1. The van der Waals surface area contributed by atoms with Crippen LogP contribution < -0.4 is 4.74 Å². The molecule has 0 aliphatic rings. The Bertz CT molecular complexity index is 765. The molecule has 0 spiro atoms. The number of benzene rings is 2. The molecule has 0 saturated heterocycles. The zero-order valence-corrected chi connectivity index (χ0v) is 16.3. The minimum Gasteiger partial charge on any atom is -0.428 e. The van der Waals surface area contributed by atoms with Crippen LogP contribution in [0.4, 0.5) is 4.79 Å². The predicted molar refractivity (Wildman–Crippen MR) is 103 cm³/mol. The Hall–Kier alpha value is -2.07. The highest BCUT2D eigenvalue weighted by atomic mass is 28.3. The van der Waals surface area contributed by atoms with Crippen LogP contribution in [0.15, 0.2) is 42.1 Å². The topological polar surface area (TPSA) is 35.5 Å². The molecule has 0 aliphatic heterocycles. The summed E-state index contributed by atoms with van der Waals surface area (Å²) in [5.74, 6) is 0.488. The molecule has 3 nitrogen and oxygen atoms in total. The Morgan fingerprint density at radius 1 is 1.00 bits per heavy atom. The maximum atomic E-state index is 11.7. The van der Waals surface area contributed by atoms with Gasteiger partial charge in [0, 0.05) is 0 Å². The molecule has 0 bridgehead atoms. The molecule has 0 unspecified atom stereocenters. The summed E-state index contributed by atoms with van der Waals surface area (Å²) in [7, 11) is -1.21. The van der Waals surface area contributed by atoms with E-state index in [0.717, 1.165) is 10.8 Å². The van der Waals surface area contributed by atoms with Crippen molar-refractivity contribution >= 4 is 31.1 Å². The monoisotopic (exact) mass is 342 g/mol. The van der Waals surface area contributed by atoms with Gasteiger partial charge in [-0.25, -0.2) is 4.79 Å². The van der Waals surface area contributed by atoms with Gasteiger partial charge in [0.05, 0.1) is 8.07 Å². The SMILES string of the molecule is CC(C)(C)OC(=O)Oc1ccc2cc(C=C[Si](C)(C)C)ccc2c1. The van der Waals surface area contributed by atoms with Crippen molar-refractivity contribution in [2.75, 3.05) is 0 Å². The van der Waals surface area contributed by atoms with Crippen molar-refractivity contribution in [3.05, 3.63) is 47.7 Å². The van der Waals surface area contributed by atoms with Crippen LogP contribution in [0, 0.1) is 0 Å². The Labute approximate surface area is 145 Å². The third kappa shape index (κ3) is 5.85. The molecule has 0 amide bonds. The van der Waals surface area contributed by atoms with Crippen molar-refractivity contribution in [2.24, 2.45) is 0 Å². The second kappa shape index (κ2) is 6.81. The third-order valence-electron chi connectivity index (χ3n) is 3.20. The highest BCUT2D eigenvalue weighted by Gasteiger charge is 2.18. The van der Waals surface area contributed by atoms with E-state index in [1.54, 1.807) is 6.07 Å². The summed E-state index contributed by atoms with van der Waals surface area (Å²) in [6.07, 6.45) is 1.51. The van der Waals surface area contributed by atoms with E-state index < -0.39 is 19.8 Å². The molecule has 0 fully saturated rings. The van der Waals surface area contributed by atoms with Gasteiger partial charge >= 0.3 is 6.16 Å². The first-order chi connectivity index (χ1) is 11.0. The quantitative estimate of drug-likeness (QED) is 0.387. The maximum absolute atomic E-state index is 11.7. The van der Waals surface area contributed by atoms with Gasteiger partial charge in [0.25, 0.3) is 0 Å². The predicted octanol–water partition coefficient (Wildman–Crippen LogP) is 6.04. The van der Waals surface area contributed by atoms with Gasteiger partial charge in [-0.15, -0.1) is 0 Å². The number of hydrogen-bond acceptors (Lipinski definition) is 3. The van der Waals surface area contributed by atoms with Crippen molar-refractivity contribution in [1.82, 2.24) is 0 Å². The minimum absolute atomic E-state index is 0.488. The van der Waals surface area contributed by atoms with Crippen LogP contribution in [0.3, 0.4) is 0 Å². The second-order valence-electron chi connectivity index (χ2n) is 8.03. The summed E-state index contributed by atoms with van der Waals surface area (Å²) >= 11 is 0. The van der Waals surface area contributed by atoms with Crippen LogP contribution in [0.25, 0.3) is 16.8 Å². The van der Waals surface area contributed by atoms with E-state index in [1.165, 1.54) is 5.56 Å². The summed E-state index contributed by atoms with van der Waals surface area (Å²) in [5.41, 5.74) is 2.95. The Balaban J connectivity index is 2.18. The molecule has 4 heteroatoms. The molecule has 0 aliphatic carbocycles. The van der Waals surface area contributed by atoms with Crippen LogP contribution in [-0.4, -0.2) is 19.8 Å². The molecule has 0 heterocycles. The number of carbonyl (C=O) groups excluding carboxylic acids is 1. The van der Waals surface area contributed by atoms with E-state index >= 15 is 0 Å². The molecule has 2 rings (SSSR count). The fraction of sp³-hybridized carbons (Fsp3) is 0.350. The molecule has 0 N–H and O–H groups in total. The number of fused-ring (bicyclic) bond motifs is 1. The molecule has 0 radical (unpaired) electrons. The Morgan fingerprint density at radius 2 is 1.62 bits per heavy atom. The molecular weight excluding hydrogens is 316 g/mol. The van der Waals surface area contributed by atoms with Crippen molar-refractivity contribution in [3.63, 3.8) is 0 Å². The zero-order valence-electron chi connectivity index (χ0n) is 15.3. The first kappa shape index (κ1) is 18.3. The van der Waals surface area contributed by atoms with E-state index in [1.807, 2.05) is 39.0 Å². The van der Waals surface area contributed by atoms with E-state index in [0.29, 0.717) is 5.75 Å². The van der Waals surface area contributed by atoms with Crippen LogP contribution in [0.2, 0.25) is 19.6 Å². The molecule has 2 aromatic rings. The van der Waals surface area contributed by atoms with Gasteiger partial charge in [-0.3, -0.25) is 0 Å². The normalized spacial score (nSPS) is 12.6. The van der Waals surface area contributed by atoms with Crippen LogP contribution in [0.1, 0.15) is 26.3 Å². The van der Waals surface area contributed by atoms with Gasteiger partial charge in [-0.05, 0) is 55.3 Å². The fourth-order valence-electron chi connectivity index (χ4n) is 2.12. The largest absolute Gasteiger partial charge is 0.514 e. The van der Waals surface area contributed by atoms with Gasteiger partial charge < -0.3 is 9.47 Å². The van der Waals surface area contributed by atoms with E-state index in [2.05, 4.69) is 43.5 Å². The molecular formula is C20H26O3Si. The van der Waals surface area contributed by atoms with Gasteiger partial charge in [0.15, 0.2) is 0 Å². The van der Waals surface area contributed by atoms with Crippen molar-refractivity contribution < 1.29 is 14.3 Å². The number of carbonyl (C=O) groups is 1. The van der Waals surface area contributed by atoms with Crippen molar-refractivity contribution in [1.29, 1.82) is 0 Å². The fourth-order valence-corrected chi connectivity index (χ4v) is 2.82. The Kier molecular flexibility index (Phi) is 5.18. The highest BCUT2D eigenvalue weighted by Crippen LogP contribution is 2.24. The molecule has 0 aromatic heterocycles. The van der Waals surface area contributed by atoms with Crippen LogP contribution >= 0.6 is 0 Å². The standard InChI is InChI=1S/C20H26O3Si/c1-20(2,3)23-19(21)22-18-10-9-16-13-15(7-8-17(16)14-18)11-12-24(4,5)6/h7-14H,1-6H3. The lowest BCUT2D eigenvalue weighted by Gasteiger charge is -2.18. The number of hydrogen-bond donors (Lipinski definition) is 0. The molecule has 24 heavy (non-hydrogen) atoms. The summed E-state index contributed by atoms with van der Waals surface area (Å²) in [4.78, 5) is 11.7. The summed E-state index contributed by atoms with van der Waals surface area (Å²) in [6.45, 7) is 12.4. The number of ether oxygens (including phenoxy) is 2. The zero-order chi connectivity index (χ0) is 18.0. The molecule has 2 aromatic carbocycles. The smallest absolute Gasteiger partial charge is 0.428 e. The first-order valence-corrected chi connectivity index (χ1v) is 11.7. The lowest BCUT2D eigenvalue weighted by atomic mass is 10.1. The van der Waals surface area contributed by atoms with Crippen LogP contribution in [0.5, 0.6) is 5.75 Å². The number of rotatable bonds is 3. The lowest BCUT2D eigenvalue weighted by Crippen LogP contribution is -2.25. The molecule has 0 saturated carbocycles. The van der Waals surface area contributed by atoms with Gasteiger partial charge in [0.1, 0.15) is 11.4 Å². The van der Waals surface area contributed by atoms with Gasteiger partial charge in [-0.1, -0.05) is 49.6 Å². The van der Waals surface area contributed by atoms with E-state index in [9.17, 15) is 4.79 Å².